The van der Waals surface area contributed by atoms with Crippen LogP contribution in [0, 0.1) is 0 Å². The standard InChI is InChI=1S/C7H12O6/c8-2-7-5(9)4(12-3-13-7)1-11-6(7)10/h4-6,8-10H,1-3H2. The smallest absolute Gasteiger partial charge is 0.189 e. The summed E-state index contributed by atoms with van der Waals surface area (Å²) >= 11 is 0. The van der Waals surface area contributed by atoms with Gasteiger partial charge in [0.05, 0.1) is 13.2 Å². The van der Waals surface area contributed by atoms with Crippen LogP contribution < -0.4 is 0 Å². The minimum Gasteiger partial charge on any atom is -0.393 e. The predicted octanol–water partition coefficient (Wildman–Crippen LogP) is -2.20. The highest BCUT2D eigenvalue weighted by atomic mass is 16.7. The molecule has 2 rings (SSSR count). The Kier molecular flexibility index (Phi) is 2.26. The van der Waals surface area contributed by atoms with E-state index < -0.39 is 30.7 Å². The first-order chi connectivity index (χ1) is 6.20. The molecule has 4 atom stereocenters. The lowest BCUT2D eigenvalue weighted by molar-refractivity contribution is -0.387. The summed E-state index contributed by atoms with van der Waals surface area (Å²) in [5.74, 6) is 0. The molecule has 6 nitrogen and oxygen atoms in total. The molecule has 0 amide bonds. The molecular weight excluding hydrogens is 180 g/mol. The fourth-order valence-corrected chi connectivity index (χ4v) is 1.62. The summed E-state index contributed by atoms with van der Waals surface area (Å²) in [6, 6.07) is 0. The van der Waals surface area contributed by atoms with Crippen molar-refractivity contribution in [1.82, 2.24) is 0 Å². The van der Waals surface area contributed by atoms with Gasteiger partial charge in [0.15, 0.2) is 11.9 Å². The van der Waals surface area contributed by atoms with Crippen LogP contribution in [0.25, 0.3) is 0 Å². The second-order valence-electron chi connectivity index (χ2n) is 3.21. The normalized spacial score (nSPS) is 50.5. The van der Waals surface area contributed by atoms with Crippen LogP contribution in [0.2, 0.25) is 0 Å². The van der Waals surface area contributed by atoms with Crippen LogP contribution in [-0.4, -0.2) is 59.4 Å². The Morgan fingerprint density at radius 3 is 2.69 bits per heavy atom. The SMILES string of the molecule is OCC12OCOC(COC1O)C2O. The average molecular weight is 192 g/mol. The number of aliphatic hydroxyl groups is 3. The van der Waals surface area contributed by atoms with Gasteiger partial charge in [0.2, 0.25) is 0 Å². The van der Waals surface area contributed by atoms with Crippen molar-refractivity contribution in [2.24, 2.45) is 0 Å². The van der Waals surface area contributed by atoms with Crippen LogP contribution in [0.1, 0.15) is 0 Å². The van der Waals surface area contributed by atoms with Crippen LogP contribution in [-0.2, 0) is 14.2 Å². The molecular formula is C7H12O6. The highest BCUT2D eigenvalue weighted by Crippen LogP contribution is 2.33. The van der Waals surface area contributed by atoms with E-state index in [4.69, 9.17) is 19.3 Å². The Bertz CT molecular complexity index is 197. The summed E-state index contributed by atoms with van der Waals surface area (Å²) in [6.45, 7) is -0.453. The highest BCUT2D eigenvalue weighted by Gasteiger charge is 2.56. The van der Waals surface area contributed by atoms with Gasteiger partial charge in [-0.15, -0.1) is 0 Å². The van der Waals surface area contributed by atoms with Crippen molar-refractivity contribution >= 4 is 0 Å². The molecule has 0 aliphatic carbocycles. The first-order valence-corrected chi connectivity index (χ1v) is 4.05. The van der Waals surface area contributed by atoms with Gasteiger partial charge in [-0.05, 0) is 0 Å². The fraction of sp³-hybridized carbons (Fsp3) is 1.00. The van der Waals surface area contributed by atoms with E-state index in [1.165, 1.54) is 0 Å². The Labute approximate surface area is 74.6 Å². The number of hydrogen-bond acceptors (Lipinski definition) is 6. The molecule has 0 aromatic carbocycles. The Morgan fingerprint density at radius 2 is 2.08 bits per heavy atom. The molecule has 6 heteroatoms. The number of fused-ring (bicyclic) bond motifs is 2. The molecule has 4 unspecified atom stereocenters. The van der Waals surface area contributed by atoms with Crippen molar-refractivity contribution in [3.8, 4) is 0 Å². The summed E-state index contributed by atoms with van der Waals surface area (Å²) < 4.78 is 14.9. The largest absolute Gasteiger partial charge is 0.393 e. The van der Waals surface area contributed by atoms with Gasteiger partial charge in [0.1, 0.15) is 19.0 Å². The first-order valence-electron chi connectivity index (χ1n) is 4.05. The molecule has 2 heterocycles. The number of ether oxygens (including phenoxy) is 3. The topological polar surface area (TPSA) is 88.4 Å². The molecule has 0 saturated carbocycles. The maximum Gasteiger partial charge on any atom is 0.189 e. The van der Waals surface area contributed by atoms with E-state index in [0.717, 1.165) is 0 Å². The number of aliphatic hydroxyl groups excluding tert-OH is 3. The summed E-state index contributed by atoms with van der Waals surface area (Å²) in [6.07, 6.45) is -2.91. The zero-order valence-electron chi connectivity index (χ0n) is 6.92. The summed E-state index contributed by atoms with van der Waals surface area (Å²) in [5, 5.41) is 28.1. The third kappa shape index (κ3) is 1.18. The van der Waals surface area contributed by atoms with Crippen LogP contribution in [0.3, 0.4) is 0 Å². The predicted molar refractivity (Wildman–Crippen MR) is 38.6 cm³/mol. The van der Waals surface area contributed by atoms with Crippen molar-refractivity contribution in [2.75, 3.05) is 20.0 Å². The van der Waals surface area contributed by atoms with E-state index in [0.29, 0.717) is 0 Å². The van der Waals surface area contributed by atoms with Crippen LogP contribution >= 0.6 is 0 Å². The summed E-state index contributed by atoms with van der Waals surface area (Å²) in [4.78, 5) is 0. The molecule has 3 N–H and O–H groups in total. The molecule has 76 valence electrons. The molecule has 2 fully saturated rings. The third-order valence-corrected chi connectivity index (χ3v) is 2.55. The first kappa shape index (κ1) is 9.32. The molecule has 0 aromatic heterocycles. The van der Waals surface area contributed by atoms with Gasteiger partial charge < -0.3 is 29.5 Å². The molecule has 0 radical (unpaired) electrons. The second kappa shape index (κ2) is 3.16. The lowest BCUT2D eigenvalue weighted by Gasteiger charge is -2.49. The molecule has 0 spiro atoms. The number of rotatable bonds is 1. The van der Waals surface area contributed by atoms with Crippen molar-refractivity contribution in [3.63, 3.8) is 0 Å². The van der Waals surface area contributed by atoms with E-state index in [9.17, 15) is 10.2 Å². The average Bonchev–Trinajstić information content (AvgIpc) is 2.13. The highest BCUT2D eigenvalue weighted by molar-refractivity contribution is 4.99. The van der Waals surface area contributed by atoms with Gasteiger partial charge in [0.25, 0.3) is 0 Å². The van der Waals surface area contributed by atoms with Crippen molar-refractivity contribution in [1.29, 1.82) is 0 Å². The molecule has 2 aliphatic rings. The number of hydrogen-bond donors (Lipinski definition) is 3. The molecule has 2 saturated heterocycles. The molecule has 0 aromatic rings. The summed E-state index contributed by atoms with van der Waals surface area (Å²) in [5.41, 5.74) is -1.44. The van der Waals surface area contributed by atoms with Gasteiger partial charge in [-0.1, -0.05) is 0 Å². The summed E-state index contributed by atoms with van der Waals surface area (Å²) in [7, 11) is 0. The van der Waals surface area contributed by atoms with Crippen molar-refractivity contribution < 1.29 is 29.5 Å². The zero-order valence-corrected chi connectivity index (χ0v) is 6.92. The van der Waals surface area contributed by atoms with Gasteiger partial charge in [-0.3, -0.25) is 0 Å². The van der Waals surface area contributed by atoms with E-state index in [1.807, 2.05) is 0 Å². The fourth-order valence-electron chi connectivity index (χ4n) is 1.62. The van der Waals surface area contributed by atoms with E-state index in [1.54, 1.807) is 0 Å². The van der Waals surface area contributed by atoms with Crippen LogP contribution in [0.4, 0.5) is 0 Å². The van der Waals surface area contributed by atoms with Gasteiger partial charge in [-0.25, -0.2) is 0 Å². The Balaban J connectivity index is 2.25. The van der Waals surface area contributed by atoms with E-state index in [-0.39, 0.29) is 13.4 Å². The van der Waals surface area contributed by atoms with Crippen LogP contribution in [0.5, 0.6) is 0 Å². The Morgan fingerprint density at radius 1 is 1.31 bits per heavy atom. The minimum absolute atomic E-state index is 0.0529. The van der Waals surface area contributed by atoms with E-state index in [2.05, 4.69) is 0 Å². The van der Waals surface area contributed by atoms with Crippen LogP contribution in [0.15, 0.2) is 0 Å². The maximum atomic E-state index is 9.66. The minimum atomic E-state index is -1.44. The molecule has 2 aliphatic heterocycles. The lowest BCUT2D eigenvalue weighted by atomic mass is 9.89. The van der Waals surface area contributed by atoms with Gasteiger partial charge in [-0.2, -0.15) is 0 Å². The molecule has 2 bridgehead atoms. The van der Waals surface area contributed by atoms with Crippen molar-refractivity contribution in [3.05, 3.63) is 0 Å². The second-order valence-corrected chi connectivity index (χ2v) is 3.21. The van der Waals surface area contributed by atoms with Crippen molar-refractivity contribution in [2.45, 2.75) is 24.1 Å². The molecule has 13 heavy (non-hydrogen) atoms. The third-order valence-electron chi connectivity index (χ3n) is 2.55. The quantitative estimate of drug-likeness (QED) is 0.437. The monoisotopic (exact) mass is 192 g/mol. The lowest BCUT2D eigenvalue weighted by Crippen LogP contribution is -2.69. The van der Waals surface area contributed by atoms with Gasteiger partial charge >= 0.3 is 0 Å². The maximum absolute atomic E-state index is 9.66. The Hall–Kier alpha value is -0.240. The zero-order chi connectivity index (χ0) is 9.47. The van der Waals surface area contributed by atoms with Gasteiger partial charge in [0, 0.05) is 0 Å². The van der Waals surface area contributed by atoms with E-state index >= 15 is 0 Å².